The quantitative estimate of drug-likeness (QED) is 0.723. The van der Waals surface area contributed by atoms with Gasteiger partial charge in [0.2, 0.25) is 5.82 Å². The van der Waals surface area contributed by atoms with Crippen molar-refractivity contribution in [2.24, 2.45) is 0 Å². The molecule has 4 rings (SSSR count). The van der Waals surface area contributed by atoms with Crippen LogP contribution in [-0.4, -0.2) is 61.5 Å². The van der Waals surface area contributed by atoms with Crippen LogP contribution in [0.5, 0.6) is 0 Å². The number of benzene rings is 1. The second-order valence-corrected chi connectivity index (χ2v) is 6.35. The summed E-state index contributed by atoms with van der Waals surface area (Å²) in [6.07, 6.45) is 3.38. The lowest BCUT2D eigenvalue weighted by Crippen LogP contribution is -2.48. The first-order valence-corrected chi connectivity index (χ1v) is 8.43. The number of aromatic nitrogens is 4. The van der Waals surface area contributed by atoms with Crippen molar-refractivity contribution in [2.45, 2.75) is 13.5 Å². The normalized spacial score (nSPS) is 15.6. The standard InChI is InChI=1S/C18H20N6O/c1-14-3-5-15(6-4-14)13-22-9-11-23(12-10-22)17(25)16-20-18-19-7-2-8-24(18)21-16/h2-8H,9-13H2,1H3. The number of piperazine rings is 1. The number of fused-ring (bicyclic) bond motifs is 1. The van der Waals surface area contributed by atoms with Gasteiger partial charge in [-0.05, 0) is 18.6 Å². The molecule has 1 aliphatic rings. The lowest BCUT2D eigenvalue weighted by molar-refractivity contribution is 0.0617. The molecule has 0 atom stereocenters. The summed E-state index contributed by atoms with van der Waals surface area (Å²) in [5, 5.41) is 4.22. The maximum Gasteiger partial charge on any atom is 0.293 e. The Kier molecular flexibility index (Phi) is 4.15. The summed E-state index contributed by atoms with van der Waals surface area (Å²) in [4.78, 5) is 25.1. The fourth-order valence-corrected chi connectivity index (χ4v) is 3.03. The van der Waals surface area contributed by atoms with Gasteiger partial charge in [-0.1, -0.05) is 29.8 Å². The third kappa shape index (κ3) is 3.36. The first-order valence-electron chi connectivity index (χ1n) is 8.43. The Morgan fingerprint density at radius 1 is 1.12 bits per heavy atom. The number of amides is 1. The summed E-state index contributed by atoms with van der Waals surface area (Å²) in [7, 11) is 0. The molecule has 128 valence electrons. The summed E-state index contributed by atoms with van der Waals surface area (Å²) in [6, 6.07) is 10.4. The van der Waals surface area contributed by atoms with Crippen LogP contribution in [0, 0.1) is 6.92 Å². The van der Waals surface area contributed by atoms with Crippen molar-refractivity contribution in [3.8, 4) is 0 Å². The zero-order chi connectivity index (χ0) is 17.2. The van der Waals surface area contributed by atoms with Gasteiger partial charge in [-0.2, -0.15) is 4.98 Å². The van der Waals surface area contributed by atoms with Crippen LogP contribution >= 0.6 is 0 Å². The van der Waals surface area contributed by atoms with Crippen molar-refractivity contribution in [3.63, 3.8) is 0 Å². The molecule has 0 bridgehead atoms. The van der Waals surface area contributed by atoms with Gasteiger partial charge in [0.1, 0.15) is 0 Å². The molecule has 1 fully saturated rings. The van der Waals surface area contributed by atoms with Crippen molar-refractivity contribution < 1.29 is 4.79 Å². The first-order chi connectivity index (χ1) is 12.2. The van der Waals surface area contributed by atoms with Crippen molar-refractivity contribution in [3.05, 3.63) is 59.7 Å². The summed E-state index contributed by atoms with van der Waals surface area (Å²) in [5.74, 6) is 0.537. The highest BCUT2D eigenvalue weighted by Gasteiger charge is 2.25. The van der Waals surface area contributed by atoms with Crippen LogP contribution in [-0.2, 0) is 6.54 Å². The molecule has 25 heavy (non-hydrogen) atoms. The summed E-state index contributed by atoms with van der Waals surface area (Å²) in [5.41, 5.74) is 2.58. The Morgan fingerprint density at radius 2 is 1.88 bits per heavy atom. The van der Waals surface area contributed by atoms with E-state index in [0.717, 1.165) is 19.6 Å². The number of nitrogens with zero attached hydrogens (tertiary/aromatic N) is 6. The van der Waals surface area contributed by atoms with Gasteiger partial charge in [-0.25, -0.2) is 9.50 Å². The minimum absolute atomic E-state index is 0.125. The minimum Gasteiger partial charge on any atom is -0.333 e. The average Bonchev–Trinajstić information content (AvgIpc) is 3.08. The van der Waals surface area contributed by atoms with E-state index in [0.29, 0.717) is 18.9 Å². The van der Waals surface area contributed by atoms with E-state index < -0.39 is 0 Å². The average molecular weight is 336 g/mol. The van der Waals surface area contributed by atoms with E-state index in [9.17, 15) is 4.79 Å². The molecule has 7 nitrogen and oxygen atoms in total. The van der Waals surface area contributed by atoms with Gasteiger partial charge < -0.3 is 4.90 Å². The Hall–Kier alpha value is -2.80. The summed E-state index contributed by atoms with van der Waals surface area (Å²) in [6.45, 7) is 6.09. The smallest absolute Gasteiger partial charge is 0.293 e. The molecule has 0 saturated carbocycles. The lowest BCUT2D eigenvalue weighted by atomic mass is 10.1. The number of carbonyl (C=O) groups excluding carboxylic acids is 1. The third-order valence-electron chi connectivity index (χ3n) is 4.49. The Morgan fingerprint density at radius 3 is 2.60 bits per heavy atom. The Labute approximate surface area is 145 Å². The molecule has 0 N–H and O–H groups in total. The molecule has 0 unspecified atom stereocenters. The molecule has 1 aliphatic heterocycles. The van der Waals surface area contributed by atoms with Crippen molar-refractivity contribution >= 4 is 11.7 Å². The Balaban J connectivity index is 1.37. The fourth-order valence-electron chi connectivity index (χ4n) is 3.03. The SMILES string of the molecule is Cc1ccc(CN2CCN(C(=O)c3nc4ncccn4n3)CC2)cc1. The van der Waals surface area contributed by atoms with Gasteiger partial charge in [-0.15, -0.1) is 5.10 Å². The van der Waals surface area contributed by atoms with Crippen LogP contribution in [0.4, 0.5) is 0 Å². The van der Waals surface area contributed by atoms with E-state index in [4.69, 9.17) is 0 Å². The minimum atomic E-state index is -0.125. The lowest BCUT2D eigenvalue weighted by Gasteiger charge is -2.34. The molecule has 0 spiro atoms. The van der Waals surface area contributed by atoms with Crippen LogP contribution in [0.1, 0.15) is 21.7 Å². The first kappa shape index (κ1) is 15.7. The van der Waals surface area contributed by atoms with Gasteiger partial charge in [0, 0.05) is 45.1 Å². The number of hydrogen-bond acceptors (Lipinski definition) is 5. The zero-order valence-electron chi connectivity index (χ0n) is 14.2. The molecule has 3 heterocycles. The molecule has 3 aromatic rings. The number of carbonyl (C=O) groups is 1. The van der Waals surface area contributed by atoms with Gasteiger partial charge in [0.15, 0.2) is 0 Å². The predicted molar refractivity (Wildman–Crippen MR) is 93.1 cm³/mol. The highest BCUT2D eigenvalue weighted by molar-refractivity contribution is 5.90. The van der Waals surface area contributed by atoms with E-state index >= 15 is 0 Å². The monoisotopic (exact) mass is 336 g/mol. The van der Waals surface area contributed by atoms with Crippen LogP contribution in [0.2, 0.25) is 0 Å². The second kappa shape index (κ2) is 6.60. The van der Waals surface area contributed by atoms with Crippen LogP contribution in [0.25, 0.3) is 5.78 Å². The number of aryl methyl sites for hydroxylation is 1. The summed E-state index contributed by atoms with van der Waals surface area (Å²) >= 11 is 0. The molecule has 1 amide bonds. The highest BCUT2D eigenvalue weighted by atomic mass is 16.2. The van der Waals surface area contributed by atoms with E-state index in [2.05, 4.69) is 51.2 Å². The molecular formula is C18H20N6O. The van der Waals surface area contributed by atoms with E-state index in [1.807, 2.05) is 4.90 Å². The number of hydrogen-bond donors (Lipinski definition) is 0. The molecule has 7 heteroatoms. The van der Waals surface area contributed by atoms with Crippen molar-refractivity contribution in [1.29, 1.82) is 0 Å². The van der Waals surface area contributed by atoms with Crippen LogP contribution in [0.3, 0.4) is 0 Å². The Bertz CT molecular complexity index is 847. The number of rotatable bonds is 3. The van der Waals surface area contributed by atoms with E-state index in [-0.39, 0.29) is 11.7 Å². The van der Waals surface area contributed by atoms with E-state index in [1.165, 1.54) is 15.6 Å². The molecule has 1 saturated heterocycles. The second-order valence-electron chi connectivity index (χ2n) is 6.35. The van der Waals surface area contributed by atoms with Crippen molar-refractivity contribution in [2.75, 3.05) is 26.2 Å². The van der Waals surface area contributed by atoms with Crippen LogP contribution < -0.4 is 0 Å². The van der Waals surface area contributed by atoms with Gasteiger partial charge in [-0.3, -0.25) is 9.69 Å². The van der Waals surface area contributed by atoms with Gasteiger partial charge in [0.05, 0.1) is 0 Å². The third-order valence-corrected chi connectivity index (χ3v) is 4.49. The molecule has 0 aliphatic carbocycles. The topological polar surface area (TPSA) is 66.6 Å². The van der Waals surface area contributed by atoms with Crippen molar-refractivity contribution in [1.82, 2.24) is 29.4 Å². The zero-order valence-corrected chi connectivity index (χ0v) is 14.2. The van der Waals surface area contributed by atoms with Crippen LogP contribution in [0.15, 0.2) is 42.7 Å². The largest absolute Gasteiger partial charge is 0.333 e. The van der Waals surface area contributed by atoms with Gasteiger partial charge >= 0.3 is 0 Å². The maximum atomic E-state index is 12.6. The molecular weight excluding hydrogens is 316 g/mol. The summed E-state index contributed by atoms with van der Waals surface area (Å²) < 4.78 is 1.53. The predicted octanol–water partition coefficient (Wildman–Crippen LogP) is 1.39. The fraction of sp³-hybridized carbons (Fsp3) is 0.333. The highest BCUT2D eigenvalue weighted by Crippen LogP contribution is 2.11. The molecule has 2 aromatic heterocycles. The maximum absolute atomic E-state index is 12.6. The van der Waals surface area contributed by atoms with E-state index in [1.54, 1.807) is 18.5 Å². The molecule has 0 radical (unpaired) electrons. The molecule has 1 aromatic carbocycles. The van der Waals surface area contributed by atoms with Gasteiger partial charge in [0.25, 0.3) is 11.7 Å².